The molecular weight excluding hydrogens is 376 g/mol. The van der Waals surface area contributed by atoms with Gasteiger partial charge in [0.05, 0.1) is 17.9 Å². The van der Waals surface area contributed by atoms with Crippen molar-refractivity contribution in [1.82, 2.24) is 29.4 Å². The number of hydrogen-bond donors (Lipinski definition) is 0. The second-order valence-electron chi connectivity index (χ2n) is 7.35. The van der Waals surface area contributed by atoms with Gasteiger partial charge in [-0.15, -0.1) is 0 Å². The molecule has 0 atom stereocenters. The Morgan fingerprint density at radius 3 is 2.43 bits per heavy atom. The van der Waals surface area contributed by atoms with Gasteiger partial charge in [-0.2, -0.15) is 10.2 Å². The zero-order valence-corrected chi connectivity index (χ0v) is 17.4. The fourth-order valence-corrected chi connectivity index (χ4v) is 3.51. The minimum Gasteiger partial charge on any atom is -0.337 e. The molecule has 0 spiro atoms. The number of nitrogens with zero attached hydrogens (tertiary/aromatic N) is 6. The molecule has 0 saturated carbocycles. The van der Waals surface area contributed by atoms with E-state index in [-0.39, 0.29) is 5.91 Å². The van der Waals surface area contributed by atoms with Gasteiger partial charge in [0.2, 0.25) is 0 Å². The van der Waals surface area contributed by atoms with Gasteiger partial charge < -0.3 is 4.90 Å². The summed E-state index contributed by atoms with van der Waals surface area (Å²) in [5.74, 6) is -0.0198. The lowest BCUT2D eigenvalue weighted by molar-refractivity contribution is 0.0784. The van der Waals surface area contributed by atoms with Gasteiger partial charge in [0.25, 0.3) is 5.91 Å². The van der Waals surface area contributed by atoms with Crippen LogP contribution in [0.2, 0.25) is 0 Å². The zero-order valence-electron chi connectivity index (χ0n) is 17.4. The predicted molar refractivity (Wildman–Crippen MR) is 114 cm³/mol. The highest BCUT2D eigenvalue weighted by atomic mass is 16.2. The lowest BCUT2D eigenvalue weighted by Gasteiger charge is -2.18. The maximum absolute atomic E-state index is 12.9. The highest BCUT2D eigenvalue weighted by Gasteiger charge is 2.18. The van der Waals surface area contributed by atoms with E-state index in [4.69, 9.17) is 0 Å². The summed E-state index contributed by atoms with van der Waals surface area (Å²) in [5, 5.41) is 8.78. The minimum absolute atomic E-state index is 0.0198. The van der Waals surface area contributed by atoms with Crippen molar-refractivity contribution in [2.75, 3.05) is 7.05 Å². The number of aryl methyl sites for hydroxylation is 1. The fourth-order valence-electron chi connectivity index (χ4n) is 3.51. The molecule has 0 radical (unpaired) electrons. The SMILES string of the molecule is Cc1nn(-c2ccccc2)c(C)c1CN(C)C(=O)c1ccc(Cn2cncn2)cc1. The summed E-state index contributed by atoms with van der Waals surface area (Å²) in [4.78, 5) is 18.6. The topological polar surface area (TPSA) is 68.8 Å². The van der Waals surface area contributed by atoms with E-state index < -0.39 is 0 Å². The Labute approximate surface area is 175 Å². The van der Waals surface area contributed by atoms with E-state index in [9.17, 15) is 4.79 Å². The van der Waals surface area contributed by atoms with Crippen molar-refractivity contribution in [3.8, 4) is 5.69 Å². The summed E-state index contributed by atoms with van der Waals surface area (Å²) < 4.78 is 3.68. The molecule has 2 heterocycles. The first kappa shape index (κ1) is 19.6. The number of aromatic nitrogens is 5. The van der Waals surface area contributed by atoms with E-state index in [2.05, 4.69) is 15.2 Å². The number of amides is 1. The maximum atomic E-state index is 12.9. The van der Waals surface area contributed by atoms with E-state index in [0.717, 1.165) is 28.2 Å². The van der Waals surface area contributed by atoms with Crippen molar-refractivity contribution in [2.24, 2.45) is 0 Å². The van der Waals surface area contributed by atoms with Crippen molar-refractivity contribution < 1.29 is 4.79 Å². The van der Waals surface area contributed by atoms with Crippen LogP contribution in [0.3, 0.4) is 0 Å². The Bertz CT molecular complexity index is 1130. The normalized spacial score (nSPS) is 10.9. The van der Waals surface area contributed by atoms with E-state index in [1.54, 1.807) is 15.9 Å². The third-order valence-electron chi connectivity index (χ3n) is 5.20. The van der Waals surface area contributed by atoms with Crippen LogP contribution in [0.15, 0.2) is 67.3 Å². The second kappa shape index (κ2) is 8.32. The summed E-state index contributed by atoms with van der Waals surface area (Å²) in [6.45, 7) is 5.16. The predicted octanol–water partition coefficient (Wildman–Crippen LogP) is 3.40. The van der Waals surface area contributed by atoms with Gasteiger partial charge >= 0.3 is 0 Å². The van der Waals surface area contributed by atoms with Gasteiger partial charge in [0, 0.05) is 30.4 Å². The molecule has 30 heavy (non-hydrogen) atoms. The summed E-state index contributed by atoms with van der Waals surface area (Å²) >= 11 is 0. The Morgan fingerprint density at radius 1 is 1.03 bits per heavy atom. The summed E-state index contributed by atoms with van der Waals surface area (Å²) in [7, 11) is 1.82. The molecule has 152 valence electrons. The van der Waals surface area contributed by atoms with Crippen molar-refractivity contribution in [2.45, 2.75) is 26.9 Å². The fraction of sp³-hybridized carbons (Fsp3) is 0.217. The molecule has 7 nitrogen and oxygen atoms in total. The molecule has 0 unspecified atom stereocenters. The third kappa shape index (κ3) is 4.00. The number of carbonyl (C=O) groups excluding carboxylic acids is 1. The van der Waals surface area contributed by atoms with Crippen molar-refractivity contribution in [1.29, 1.82) is 0 Å². The van der Waals surface area contributed by atoms with Gasteiger partial charge in [-0.05, 0) is 43.7 Å². The molecule has 0 aliphatic carbocycles. The molecule has 0 bridgehead atoms. The van der Waals surface area contributed by atoms with Crippen molar-refractivity contribution >= 4 is 5.91 Å². The van der Waals surface area contributed by atoms with Crippen LogP contribution >= 0.6 is 0 Å². The zero-order chi connectivity index (χ0) is 21.1. The largest absolute Gasteiger partial charge is 0.337 e. The van der Waals surface area contributed by atoms with Crippen LogP contribution in [-0.2, 0) is 13.1 Å². The van der Waals surface area contributed by atoms with Crippen LogP contribution in [0.5, 0.6) is 0 Å². The second-order valence-corrected chi connectivity index (χ2v) is 7.35. The van der Waals surface area contributed by atoms with Crippen molar-refractivity contribution in [3.05, 3.63) is 95.3 Å². The first-order valence-electron chi connectivity index (χ1n) is 9.80. The van der Waals surface area contributed by atoms with Crippen LogP contribution in [-0.4, -0.2) is 42.4 Å². The van der Waals surface area contributed by atoms with Crippen molar-refractivity contribution in [3.63, 3.8) is 0 Å². The molecule has 4 rings (SSSR count). The average Bonchev–Trinajstić information content (AvgIpc) is 3.38. The molecule has 7 heteroatoms. The molecule has 2 aromatic carbocycles. The molecule has 0 aliphatic rings. The van der Waals surface area contributed by atoms with Gasteiger partial charge in [-0.25, -0.2) is 14.3 Å². The van der Waals surface area contributed by atoms with Crippen LogP contribution < -0.4 is 0 Å². The van der Waals surface area contributed by atoms with E-state index in [1.165, 1.54) is 6.33 Å². The number of carbonyl (C=O) groups is 1. The highest BCUT2D eigenvalue weighted by molar-refractivity contribution is 5.94. The Kier molecular flexibility index (Phi) is 5.43. The molecular formula is C23H24N6O. The summed E-state index contributed by atoms with van der Waals surface area (Å²) in [5.41, 5.74) is 5.78. The molecule has 0 saturated heterocycles. The molecule has 2 aromatic heterocycles. The molecule has 4 aromatic rings. The number of benzene rings is 2. The molecule has 0 N–H and O–H groups in total. The first-order valence-corrected chi connectivity index (χ1v) is 9.80. The van der Waals surface area contributed by atoms with Gasteiger partial charge in [-0.1, -0.05) is 30.3 Å². The van der Waals surface area contributed by atoms with E-state index in [1.807, 2.05) is 80.2 Å². The maximum Gasteiger partial charge on any atom is 0.253 e. The summed E-state index contributed by atoms with van der Waals surface area (Å²) in [6.07, 6.45) is 3.18. The lowest BCUT2D eigenvalue weighted by atomic mass is 10.1. The van der Waals surface area contributed by atoms with E-state index >= 15 is 0 Å². The summed E-state index contributed by atoms with van der Waals surface area (Å²) in [6, 6.07) is 17.6. The lowest BCUT2D eigenvalue weighted by Crippen LogP contribution is -2.26. The monoisotopic (exact) mass is 400 g/mol. The molecule has 0 aliphatic heterocycles. The van der Waals surface area contributed by atoms with Crippen LogP contribution in [0.1, 0.15) is 32.9 Å². The third-order valence-corrected chi connectivity index (χ3v) is 5.20. The van der Waals surface area contributed by atoms with Crippen LogP contribution in [0.25, 0.3) is 5.69 Å². The Balaban J connectivity index is 1.48. The number of rotatable bonds is 6. The van der Waals surface area contributed by atoms with Gasteiger partial charge in [0.1, 0.15) is 12.7 Å². The Morgan fingerprint density at radius 2 is 1.77 bits per heavy atom. The van der Waals surface area contributed by atoms with Gasteiger partial charge in [-0.3, -0.25) is 4.79 Å². The molecule has 1 amide bonds. The van der Waals surface area contributed by atoms with Crippen LogP contribution in [0, 0.1) is 13.8 Å². The highest BCUT2D eigenvalue weighted by Crippen LogP contribution is 2.20. The standard InChI is InChI=1S/C23H24N6O/c1-17-22(18(2)29(26-17)21-7-5-4-6-8-21)14-27(3)23(30)20-11-9-19(10-12-20)13-28-16-24-15-25-28/h4-12,15-16H,13-14H2,1-3H3. The quantitative estimate of drug-likeness (QED) is 0.497. The average molecular weight is 400 g/mol. The number of hydrogen-bond acceptors (Lipinski definition) is 4. The molecule has 0 fully saturated rings. The number of para-hydroxylation sites is 1. The smallest absolute Gasteiger partial charge is 0.253 e. The first-order chi connectivity index (χ1) is 14.5. The van der Waals surface area contributed by atoms with E-state index in [0.29, 0.717) is 18.7 Å². The van der Waals surface area contributed by atoms with Crippen LogP contribution in [0.4, 0.5) is 0 Å². The van der Waals surface area contributed by atoms with Gasteiger partial charge in [0.15, 0.2) is 0 Å². The Hall–Kier alpha value is -3.74. The minimum atomic E-state index is -0.0198.